The highest BCUT2D eigenvalue weighted by molar-refractivity contribution is 5.83. The third-order valence-electron chi connectivity index (χ3n) is 4.50. The lowest BCUT2D eigenvalue weighted by Crippen LogP contribution is -2.38. The molecule has 1 aromatic rings. The summed E-state index contributed by atoms with van der Waals surface area (Å²) in [6.45, 7) is 3.42. The summed E-state index contributed by atoms with van der Waals surface area (Å²) >= 11 is 0. The maximum Gasteiger partial charge on any atom is 0.239 e. The molecule has 2 heterocycles. The lowest BCUT2D eigenvalue weighted by molar-refractivity contribution is -0.119. The first kappa shape index (κ1) is 15.9. The van der Waals surface area contributed by atoms with E-state index in [2.05, 4.69) is 10.2 Å². The number of hydrogen-bond donors (Lipinski definition) is 1. The molecule has 0 aliphatic carbocycles. The number of carbonyl (C=O) groups excluding carboxylic acids is 1. The molecule has 6 heteroatoms. The summed E-state index contributed by atoms with van der Waals surface area (Å²) in [6, 6.07) is 3.89. The van der Waals surface area contributed by atoms with E-state index in [-0.39, 0.29) is 5.91 Å². The fourth-order valence-corrected chi connectivity index (χ4v) is 3.22. The number of rotatable bonds is 6. The van der Waals surface area contributed by atoms with E-state index in [1.165, 1.54) is 0 Å². The minimum absolute atomic E-state index is 0.0441. The molecule has 3 rings (SSSR count). The van der Waals surface area contributed by atoms with Crippen LogP contribution in [0, 0.1) is 5.92 Å². The molecule has 2 aliphatic heterocycles. The first-order valence-corrected chi connectivity index (χ1v) is 8.05. The predicted octanol–water partition coefficient (Wildman–Crippen LogP) is 1.22. The van der Waals surface area contributed by atoms with Crippen LogP contribution in [0.4, 0.5) is 5.69 Å². The smallest absolute Gasteiger partial charge is 0.239 e. The third-order valence-corrected chi connectivity index (χ3v) is 4.50. The van der Waals surface area contributed by atoms with E-state index in [1.54, 1.807) is 14.2 Å². The summed E-state index contributed by atoms with van der Waals surface area (Å²) < 4.78 is 16.1. The van der Waals surface area contributed by atoms with E-state index in [1.807, 2.05) is 12.1 Å². The first-order chi connectivity index (χ1) is 11.2. The Morgan fingerprint density at radius 3 is 2.96 bits per heavy atom. The second-order valence-corrected chi connectivity index (χ2v) is 6.04. The number of amides is 1. The van der Waals surface area contributed by atoms with Gasteiger partial charge in [0.15, 0.2) is 0 Å². The summed E-state index contributed by atoms with van der Waals surface area (Å²) in [5.41, 5.74) is 2.17. The van der Waals surface area contributed by atoms with Gasteiger partial charge in [0.05, 0.1) is 33.1 Å². The van der Waals surface area contributed by atoms with Crippen molar-refractivity contribution in [1.29, 1.82) is 0 Å². The molecular formula is C17H24N2O4. The van der Waals surface area contributed by atoms with Crippen molar-refractivity contribution in [3.63, 3.8) is 0 Å². The number of fused-ring (bicyclic) bond motifs is 1. The molecule has 126 valence electrons. The van der Waals surface area contributed by atoms with Gasteiger partial charge in [-0.05, 0) is 24.5 Å². The van der Waals surface area contributed by atoms with E-state index in [4.69, 9.17) is 14.2 Å². The summed E-state index contributed by atoms with van der Waals surface area (Å²) in [4.78, 5) is 14.3. The average Bonchev–Trinajstić information content (AvgIpc) is 3.22. The van der Waals surface area contributed by atoms with Crippen LogP contribution < -0.4 is 19.7 Å². The molecule has 1 atom stereocenters. The van der Waals surface area contributed by atoms with Gasteiger partial charge in [-0.15, -0.1) is 0 Å². The zero-order valence-electron chi connectivity index (χ0n) is 13.8. The minimum Gasteiger partial charge on any atom is -0.497 e. The number of hydrogen-bond acceptors (Lipinski definition) is 5. The van der Waals surface area contributed by atoms with Gasteiger partial charge in [0.2, 0.25) is 5.91 Å². The minimum atomic E-state index is 0.0441. The summed E-state index contributed by atoms with van der Waals surface area (Å²) in [5, 5.41) is 3.02. The van der Waals surface area contributed by atoms with E-state index in [0.29, 0.717) is 19.0 Å². The second kappa shape index (κ2) is 7.08. The maximum absolute atomic E-state index is 12.2. The summed E-state index contributed by atoms with van der Waals surface area (Å²) in [5.74, 6) is 2.04. The van der Waals surface area contributed by atoms with E-state index >= 15 is 0 Å². The van der Waals surface area contributed by atoms with Gasteiger partial charge in [-0.3, -0.25) is 4.79 Å². The topological polar surface area (TPSA) is 60.0 Å². The van der Waals surface area contributed by atoms with E-state index in [0.717, 1.165) is 55.4 Å². The molecule has 23 heavy (non-hydrogen) atoms. The van der Waals surface area contributed by atoms with Gasteiger partial charge in [0.25, 0.3) is 0 Å². The number of ether oxygens (including phenoxy) is 3. The Bertz CT molecular complexity index is 570. The number of anilines is 1. The van der Waals surface area contributed by atoms with Crippen LogP contribution >= 0.6 is 0 Å². The standard InChI is InChI=1S/C17H24N2O4/c1-21-14-7-13-3-5-19(17(13)15(8-14)22-2)10-16(20)18-9-12-4-6-23-11-12/h7-8,12H,3-6,9-11H2,1-2H3,(H,18,20). The van der Waals surface area contributed by atoms with Crippen LogP contribution in [0.1, 0.15) is 12.0 Å². The van der Waals surface area contributed by atoms with Gasteiger partial charge < -0.3 is 24.4 Å². The van der Waals surface area contributed by atoms with Crippen molar-refractivity contribution in [3.8, 4) is 11.5 Å². The normalized spacial score (nSPS) is 19.6. The predicted molar refractivity (Wildman–Crippen MR) is 87.4 cm³/mol. The van der Waals surface area contributed by atoms with E-state index in [9.17, 15) is 4.79 Å². The fraction of sp³-hybridized carbons (Fsp3) is 0.588. The Morgan fingerprint density at radius 1 is 1.39 bits per heavy atom. The Kier molecular flexibility index (Phi) is 4.91. The Labute approximate surface area is 136 Å². The van der Waals surface area contributed by atoms with Crippen molar-refractivity contribution >= 4 is 11.6 Å². The summed E-state index contributed by atoms with van der Waals surface area (Å²) in [7, 11) is 3.29. The first-order valence-electron chi connectivity index (χ1n) is 8.05. The molecule has 0 aromatic heterocycles. The molecule has 0 bridgehead atoms. The monoisotopic (exact) mass is 320 g/mol. The Morgan fingerprint density at radius 2 is 2.26 bits per heavy atom. The van der Waals surface area contributed by atoms with Crippen molar-refractivity contribution in [2.24, 2.45) is 5.92 Å². The molecule has 1 fully saturated rings. The zero-order valence-corrected chi connectivity index (χ0v) is 13.8. The molecule has 0 saturated carbocycles. The molecule has 6 nitrogen and oxygen atoms in total. The van der Waals surface area contributed by atoms with Gasteiger partial charge >= 0.3 is 0 Å². The van der Waals surface area contributed by atoms with Crippen molar-refractivity contribution in [3.05, 3.63) is 17.7 Å². The highest BCUT2D eigenvalue weighted by atomic mass is 16.5. The third kappa shape index (κ3) is 3.52. The maximum atomic E-state index is 12.2. The Balaban J connectivity index is 1.63. The number of benzene rings is 1. The molecule has 1 amide bonds. The van der Waals surface area contributed by atoms with Crippen LogP contribution in [0.15, 0.2) is 12.1 Å². The van der Waals surface area contributed by atoms with Crippen molar-refractivity contribution in [2.75, 3.05) is 52.0 Å². The van der Waals surface area contributed by atoms with Crippen LogP contribution in [0.3, 0.4) is 0 Å². The molecule has 1 unspecified atom stereocenters. The quantitative estimate of drug-likeness (QED) is 0.854. The highest BCUT2D eigenvalue weighted by Gasteiger charge is 2.26. The molecule has 2 aliphatic rings. The molecule has 1 aromatic carbocycles. The van der Waals surface area contributed by atoms with E-state index < -0.39 is 0 Å². The lowest BCUT2D eigenvalue weighted by Gasteiger charge is -2.22. The van der Waals surface area contributed by atoms with Crippen LogP contribution in [-0.4, -0.2) is 53.0 Å². The average molecular weight is 320 g/mol. The van der Waals surface area contributed by atoms with Gasteiger partial charge in [0, 0.05) is 31.7 Å². The van der Waals surface area contributed by atoms with Crippen LogP contribution in [-0.2, 0) is 16.0 Å². The van der Waals surface area contributed by atoms with Crippen LogP contribution in [0.5, 0.6) is 11.5 Å². The van der Waals surface area contributed by atoms with Crippen LogP contribution in [0.25, 0.3) is 0 Å². The molecule has 0 spiro atoms. The number of methoxy groups -OCH3 is 2. The van der Waals surface area contributed by atoms with Gasteiger partial charge in [-0.25, -0.2) is 0 Å². The number of carbonyl (C=O) groups is 1. The number of nitrogens with zero attached hydrogens (tertiary/aromatic N) is 1. The highest BCUT2D eigenvalue weighted by Crippen LogP contribution is 2.40. The molecule has 1 N–H and O–H groups in total. The lowest BCUT2D eigenvalue weighted by atomic mass is 10.1. The molecule has 1 saturated heterocycles. The van der Waals surface area contributed by atoms with Crippen molar-refractivity contribution < 1.29 is 19.0 Å². The fourth-order valence-electron chi connectivity index (χ4n) is 3.22. The second-order valence-electron chi connectivity index (χ2n) is 6.04. The van der Waals surface area contributed by atoms with Crippen molar-refractivity contribution in [2.45, 2.75) is 12.8 Å². The molecule has 0 radical (unpaired) electrons. The molecular weight excluding hydrogens is 296 g/mol. The zero-order chi connectivity index (χ0) is 16.2. The van der Waals surface area contributed by atoms with Gasteiger partial charge in [-0.1, -0.05) is 0 Å². The van der Waals surface area contributed by atoms with Crippen LogP contribution in [0.2, 0.25) is 0 Å². The summed E-state index contributed by atoms with van der Waals surface area (Å²) in [6.07, 6.45) is 1.92. The largest absolute Gasteiger partial charge is 0.497 e. The van der Waals surface area contributed by atoms with Crippen molar-refractivity contribution in [1.82, 2.24) is 5.32 Å². The Hall–Kier alpha value is -1.95. The van der Waals surface area contributed by atoms with Gasteiger partial charge in [0.1, 0.15) is 11.5 Å². The number of nitrogens with one attached hydrogen (secondary N) is 1. The SMILES string of the molecule is COc1cc2c(c(OC)c1)N(CC(=O)NCC1CCOC1)CC2. The van der Waals surface area contributed by atoms with Gasteiger partial charge in [-0.2, -0.15) is 0 Å².